The monoisotopic (exact) mass is 179 g/mol. The fraction of sp³-hybridized carbons (Fsp3) is 0.600. The smallest absolute Gasteiger partial charge is 0.133 e. The second-order valence-corrected chi connectivity index (χ2v) is 4.41. The van der Waals surface area contributed by atoms with E-state index in [2.05, 4.69) is 30.7 Å². The van der Waals surface area contributed by atoms with Crippen LogP contribution in [0.2, 0.25) is 0 Å². The predicted molar refractivity (Wildman–Crippen MR) is 55.1 cm³/mol. The Bertz CT molecular complexity index is 269. The maximum Gasteiger partial charge on any atom is 0.133 e. The van der Waals surface area contributed by atoms with Crippen molar-refractivity contribution in [2.45, 2.75) is 26.2 Å². The maximum absolute atomic E-state index is 4.32. The topological polar surface area (TPSA) is 29.0 Å². The summed E-state index contributed by atoms with van der Waals surface area (Å²) >= 11 is 0. The Morgan fingerprint density at radius 2 is 1.54 bits per heavy atom. The van der Waals surface area contributed by atoms with Gasteiger partial charge in [0.2, 0.25) is 0 Å². The van der Waals surface area contributed by atoms with Crippen molar-refractivity contribution in [1.82, 2.24) is 9.97 Å². The van der Waals surface area contributed by atoms with E-state index in [9.17, 15) is 0 Å². The summed E-state index contributed by atoms with van der Waals surface area (Å²) in [5.41, 5.74) is 1.07. The van der Waals surface area contributed by atoms with Crippen LogP contribution in [0.25, 0.3) is 0 Å². The van der Waals surface area contributed by atoms with Crippen LogP contribution in [0, 0.1) is 0 Å². The summed E-state index contributed by atoms with van der Waals surface area (Å²) in [7, 11) is 3.96. The highest BCUT2D eigenvalue weighted by Crippen LogP contribution is 2.18. The molecular weight excluding hydrogens is 162 g/mol. The van der Waals surface area contributed by atoms with Crippen molar-refractivity contribution < 1.29 is 0 Å². The minimum absolute atomic E-state index is 0.0326. The molecule has 0 spiro atoms. The molecule has 0 aromatic carbocycles. The van der Waals surface area contributed by atoms with Crippen molar-refractivity contribution >= 4 is 5.69 Å². The van der Waals surface area contributed by atoms with Crippen LogP contribution in [0.5, 0.6) is 0 Å². The summed E-state index contributed by atoms with van der Waals surface area (Å²) in [4.78, 5) is 10.6. The molecule has 0 bridgehead atoms. The van der Waals surface area contributed by atoms with Crippen LogP contribution in [0.4, 0.5) is 5.69 Å². The molecule has 0 radical (unpaired) electrons. The van der Waals surface area contributed by atoms with E-state index in [4.69, 9.17) is 0 Å². The summed E-state index contributed by atoms with van der Waals surface area (Å²) in [6, 6.07) is 0. The fourth-order valence-electron chi connectivity index (χ4n) is 0.939. The third kappa shape index (κ3) is 2.41. The highest BCUT2D eigenvalue weighted by Gasteiger charge is 2.16. The van der Waals surface area contributed by atoms with E-state index < -0.39 is 0 Å². The summed E-state index contributed by atoms with van der Waals surface area (Å²) in [6.45, 7) is 6.33. The standard InChI is InChI=1S/C10H17N3/c1-10(2,3)9-11-6-8(7-12-9)13(4)5/h6-7H,1-5H3. The van der Waals surface area contributed by atoms with Crippen molar-refractivity contribution in [3.8, 4) is 0 Å². The van der Waals surface area contributed by atoms with E-state index >= 15 is 0 Å². The Kier molecular flexibility index (Phi) is 2.55. The molecule has 0 saturated carbocycles. The average molecular weight is 179 g/mol. The van der Waals surface area contributed by atoms with Crippen LogP contribution in [0.15, 0.2) is 12.4 Å². The minimum atomic E-state index is 0.0326. The first-order chi connectivity index (χ1) is 5.91. The summed E-state index contributed by atoms with van der Waals surface area (Å²) in [5.74, 6) is 0.887. The molecule has 72 valence electrons. The zero-order valence-corrected chi connectivity index (χ0v) is 9.00. The van der Waals surface area contributed by atoms with Crippen LogP contribution >= 0.6 is 0 Å². The van der Waals surface area contributed by atoms with Gasteiger partial charge in [-0.15, -0.1) is 0 Å². The molecule has 0 atom stereocenters. The van der Waals surface area contributed by atoms with Gasteiger partial charge < -0.3 is 4.90 Å². The van der Waals surface area contributed by atoms with Gasteiger partial charge in [0.15, 0.2) is 0 Å². The van der Waals surface area contributed by atoms with Gasteiger partial charge in [-0.1, -0.05) is 20.8 Å². The molecule has 0 N–H and O–H groups in total. The van der Waals surface area contributed by atoms with Gasteiger partial charge in [-0.05, 0) is 0 Å². The van der Waals surface area contributed by atoms with E-state index in [1.165, 1.54) is 0 Å². The van der Waals surface area contributed by atoms with Gasteiger partial charge in [0, 0.05) is 19.5 Å². The third-order valence-electron chi connectivity index (χ3n) is 1.83. The Morgan fingerprint density at radius 3 is 1.85 bits per heavy atom. The lowest BCUT2D eigenvalue weighted by molar-refractivity contribution is 0.545. The Labute approximate surface area is 79.8 Å². The highest BCUT2D eigenvalue weighted by molar-refractivity contribution is 5.39. The van der Waals surface area contributed by atoms with E-state index in [1.807, 2.05) is 31.4 Å². The second kappa shape index (κ2) is 3.32. The summed E-state index contributed by atoms with van der Waals surface area (Å²) < 4.78 is 0. The normalized spacial score (nSPS) is 11.5. The molecule has 3 heteroatoms. The van der Waals surface area contributed by atoms with Crippen molar-refractivity contribution in [3.05, 3.63) is 18.2 Å². The summed E-state index contributed by atoms with van der Waals surface area (Å²) in [6.07, 6.45) is 3.71. The molecule has 3 nitrogen and oxygen atoms in total. The molecule has 1 aromatic heterocycles. The molecule has 0 fully saturated rings. The molecule has 13 heavy (non-hydrogen) atoms. The average Bonchev–Trinajstić information content (AvgIpc) is 2.03. The quantitative estimate of drug-likeness (QED) is 0.658. The summed E-state index contributed by atoms with van der Waals surface area (Å²) in [5, 5.41) is 0. The molecular formula is C10H17N3. The van der Waals surface area contributed by atoms with E-state index in [0.717, 1.165) is 11.5 Å². The van der Waals surface area contributed by atoms with Gasteiger partial charge in [0.25, 0.3) is 0 Å². The van der Waals surface area contributed by atoms with Crippen LogP contribution in [-0.2, 0) is 5.41 Å². The number of hydrogen-bond donors (Lipinski definition) is 0. The van der Waals surface area contributed by atoms with Crippen LogP contribution in [0.1, 0.15) is 26.6 Å². The van der Waals surface area contributed by atoms with Crippen LogP contribution in [0.3, 0.4) is 0 Å². The Balaban J connectivity index is 2.94. The molecule has 1 rings (SSSR count). The molecule has 0 aliphatic carbocycles. The lowest BCUT2D eigenvalue weighted by Crippen LogP contribution is -2.17. The van der Waals surface area contributed by atoms with Crippen LogP contribution < -0.4 is 4.90 Å². The number of aromatic nitrogens is 2. The molecule has 0 amide bonds. The largest absolute Gasteiger partial charge is 0.375 e. The third-order valence-corrected chi connectivity index (χ3v) is 1.83. The highest BCUT2D eigenvalue weighted by atomic mass is 15.1. The van der Waals surface area contributed by atoms with Gasteiger partial charge in [0.1, 0.15) is 5.82 Å². The number of nitrogens with zero attached hydrogens (tertiary/aromatic N) is 3. The molecule has 0 saturated heterocycles. The maximum atomic E-state index is 4.32. The number of rotatable bonds is 1. The Hall–Kier alpha value is -1.12. The molecule has 0 aliphatic rings. The molecule has 0 unspecified atom stereocenters. The van der Waals surface area contributed by atoms with Gasteiger partial charge in [-0.3, -0.25) is 0 Å². The van der Waals surface area contributed by atoms with Gasteiger partial charge in [0.05, 0.1) is 18.1 Å². The van der Waals surface area contributed by atoms with Crippen molar-refractivity contribution in [1.29, 1.82) is 0 Å². The minimum Gasteiger partial charge on any atom is -0.375 e. The first-order valence-electron chi connectivity index (χ1n) is 4.41. The lowest BCUT2D eigenvalue weighted by Gasteiger charge is -2.17. The number of hydrogen-bond acceptors (Lipinski definition) is 3. The number of anilines is 1. The lowest BCUT2D eigenvalue weighted by atomic mass is 9.96. The van der Waals surface area contributed by atoms with Gasteiger partial charge in [-0.25, -0.2) is 9.97 Å². The van der Waals surface area contributed by atoms with E-state index in [0.29, 0.717) is 0 Å². The van der Waals surface area contributed by atoms with Crippen molar-refractivity contribution in [2.75, 3.05) is 19.0 Å². The molecule has 1 aromatic rings. The SMILES string of the molecule is CN(C)c1cnc(C(C)(C)C)nc1. The Morgan fingerprint density at radius 1 is 1.08 bits per heavy atom. The molecule has 1 heterocycles. The van der Waals surface area contributed by atoms with Gasteiger partial charge >= 0.3 is 0 Å². The fourth-order valence-corrected chi connectivity index (χ4v) is 0.939. The van der Waals surface area contributed by atoms with Gasteiger partial charge in [-0.2, -0.15) is 0 Å². The second-order valence-electron chi connectivity index (χ2n) is 4.41. The van der Waals surface area contributed by atoms with Crippen LogP contribution in [-0.4, -0.2) is 24.1 Å². The van der Waals surface area contributed by atoms with Crippen molar-refractivity contribution in [3.63, 3.8) is 0 Å². The first kappa shape index (κ1) is 9.96. The van der Waals surface area contributed by atoms with E-state index in [-0.39, 0.29) is 5.41 Å². The zero-order chi connectivity index (χ0) is 10.1. The first-order valence-corrected chi connectivity index (χ1v) is 4.41. The predicted octanol–water partition coefficient (Wildman–Crippen LogP) is 1.84. The zero-order valence-electron chi connectivity index (χ0n) is 9.00. The van der Waals surface area contributed by atoms with Crippen molar-refractivity contribution in [2.24, 2.45) is 0 Å². The van der Waals surface area contributed by atoms with E-state index in [1.54, 1.807) is 0 Å². The molecule has 0 aliphatic heterocycles.